The van der Waals surface area contributed by atoms with Crippen molar-refractivity contribution in [2.45, 2.75) is 13.0 Å². The van der Waals surface area contributed by atoms with Crippen molar-refractivity contribution in [1.82, 2.24) is 4.98 Å². The molecule has 2 nitrogen and oxygen atoms in total. The smallest absolute Gasteiger partial charge is 0.0520 e. The van der Waals surface area contributed by atoms with Crippen LogP contribution in [0.3, 0.4) is 0 Å². The summed E-state index contributed by atoms with van der Waals surface area (Å²) in [5, 5.41) is 0. The first-order valence-electron chi connectivity index (χ1n) is 5.32. The summed E-state index contributed by atoms with van der Waals surface area (Å²) in [6, 6.07) is 8.40. The Hall–Kier alpha value is -1.45. The van der Waals surface area contributed by atoms with Gasteiger partial charge in [-0.15, -0.1) is 11.3 Å². The monoisotopic (exact) mass is 228 g/mol. The van der Waals surface area contributed by atoms with E-state index in [9.17, 15) is 0 Å². The summed E-state index contributed by atoms with van der Waals surface area (Å²) in [5.74, 6) is 0. The number of allylic oxidation sites excluding steroid dienone is 1. The molecule has 16 heavy (non-hydrogen) atoms. The fourth-order valence-electron chi connectivity index (χ4n) is 2.02. The molecule has 0 saturated carbocycles. The van der Waals surface area contributed by atoms with Crippen LogP contribution in [0.5, 0.6) is 0 Å². The highest BCUT2D eigenvalue weighted by Gasteiger charge is 2.17. The van der Waals surface area contributed by atoms with Crippen LogP contribution >= 0.6 is 11.3 Å². The van der Waals surface area contributed by atoms with Crippen molar-refractivity contribution < 1.29 is 0 Å². The number of nitrogens with zero attached hydrogens (tertiary/aromatic N) is 1. The zero-order chi connectivity index (χ0) is 11.0. The standard InChI is InChI=1S/C13H12N2S/c14-8-9-3-6-13(16-9)11-4-5-12-10(11)2-1-7-15-12/h1-4,6-7H,5,8,14H2. The number of thiophene rings is 1. The Bertz CT molecular complexity index is 555. The van der Waals surface area contributed by atoms with Gasteiger partial charge in [-0.1, -0.05) is 12.1 Å². The van der Waals surface area contributed by atoms with E-state index in [1.807, 2.05) is 12.3 Å². The summed E-state index contributed by atoms with van der Waals surface area (Å²) in [6.45, 7) is 0.623. The van der Waals surface area contributed by atoms with Crippen LogP contribution in [-0.2, 0) is 13.0 Å². The minimum absolute atomic E-state index is 0.623. The van der Waals surface area contributed by atoms with Crippen LogP contribution in [-0.4, -0.2) is 4.98 Å². The number of hydrogen-bond acceptors (Lipinski definition) is 3. The van der Waals surface area contributed by atoms with E-state index in [2.05, 4.69) is 29.3 Å². The van der Waals surface area contributed by atoms with Gasteiger partial charge in [0.15, 0.2) is 0 Å². The highest BCUT2D eigenvalue weighted by molar-refractivity contribution is 7.13. The molecule has 0 atom stereocenters. The van der Waals surface area contributed by atoms with Crippen LogP contribution in [0.1, 0.15) is 21.0 Å². The topological polar surface area (TPSA) is 38.9 Å². The van der Waals surface area contributed by atoms with E-state index >= 15 is 0 Å². The molecule has 0 bridgehead atoms. The van der Waals surface area contributed by atoms with E-state index < -0.39 is 0 Å². The summed E-state index contributed by atoms with van der Waals surface area (Å²) in [5.41, 5.74) is 9.40. The molecule has 1 aliphatic carbocycles. The maximum absolute atomic E-state index is 5.64. The van der Waals surface area contributed by atoms with Crippen LogP contribution in [0, 0.1) is 0 Å². The van der Waals surface area contributed by atoms with Crippen molar-refractivity contribution in [1.29, 1.82) is 0 Å². The van der Waals surface area contributed by atoms with Crippen LogP contribution in [0.15, 0.2) is 36.5 Å². The Morgan fingerprint density at radius 3 is 3.06 bits per heavy atom. The maximum atomic E-state index is 5.64. The Balaban J connectivity index is 2.04. The predicted octanol–water partition coefficient (Wildman–Crippen LogP) is 2.59. The van der Waals surface area contributed by atoms with Crippen molar-refractivity contribution in [3.05, 3.63) is 57.6 Å². The average Bonchev–Trinajstić information content (AvgIpc) is 2.94. The van der Waals surface area contributed by atoms with Crippen molar-refractivity contribution in [2.75, 3.05) is 0 Å². The number of rotatable bonds is 2. The molecule has 2 aromatic heterocycles. The average molecular weight is 228 g/mol. The number of hydrogen-bond donors (Lipinski definition) is 1. The number of aromatic nitrogens is 1. The zero-order valence-electron chi connectivity index (χ0n) is 8.81. The SMILES string of the molecule is NCc1ccc(C2=CCc3ncccc32)s1. The molecule has 0 aromatic carbocycles. The van der Waals surface area contributed by atoms with Crippen molar-refractivity contribution >= 4 is 16.9 Å². The summed E-state index contributed by atoms with van der Waals surface area (Å²) < 4.78 is 0. The molecule has 80 valence electrons. The normalized spacial score (nSPS) is 13.7. The van der Waals surface area contributed by atoms with E-state index in [1.165, 1.54) is 26.6 Å². The largest absolute Gasteiger partial charge is 0.326 e. The fraction of sp³-hybridized carbons (Fsp3) is 0.154. The molecule has 0 amide bonds. The first-order chi connectivity index (χ1) is 7.88. The first kappa shape index (κ1) is 9.75. The molecule has 1 aliphatic rings. The molecule has 2 N–H and O–H groups in total. The predicted molar refractivity (Wildman–Crippen MR) is 67.2 cm³/mol. The maximum Gasteiger partial charge on any atom is 0.0520 e. The Morgan fingerprint density at radius 2 is 2.25 bits per heavy atom. The lowest BCUT2D eigenvalue weighted by molar-refractivity contribution is 1.11. The van der Waals surface area contributed by atoms with Gasteiger partial charge in [0.1, 0.15) is 0 Å². The summed E-state index contributed by atoms with van der Waals surface area (Å²) >= 11 is 1.77. The molecule has 0 spiro atoms. The van der Waals surface area contributed by atoms with Crippen molar-refractivity contribution in [3.63, 3.8) is 0 Å². The van der Waals surface area contributed by atoms with Gasteiger partial charge in [-0.2, -0.15) is 0 Å². The van der Waals surface area contributed by atoms with E-state index in [4.69, 9.17) is 5.73 Å². The molecule has 3 heteroatoms. The highest BCUT2D eigenvalue weighted by atomic mass is 32.1. The Labute approximate surface area is 98.5 Å². The van der Waals surface area contributed by atoms with Gasteiger partial charge in [0.05, 0.1) is 5.69 Å². The van der Waals surface area contributed by atoms with Crippen molar-refractivity contribution in [2.24, 2.45) is 5.73 Å². The Morgan fingerprint density at radius 1 is 1.31 bits per heavy atom. The molecular formula is C13H12N2S. The lowest BCUT2D eigenvalue weighted by Gasteiger charge is -2.01. The minimum Gasteiger partial charge on any atom is -0.326 e. The van der Waals surface area contributed by atoms with Crippen LogP contribution in [0.2, 0.25) is 0 Å². The lowest BCUT2D eigenvalue weighted by atomic mass is 10.1. The molecule has 2 heterocycles. The highest BCUT2D eigenvalue weighted by Crippen LogP contribution is 2.34. The van der Waals surface area contributed by atoms with Gasteiger partial charge in [0, 0.05) is 34.5 Å². The minimum atomic E-state index is 0.623. The second kappa shape index (κ2) is 3.85. The third-order valence-electron chi connectivity index (χ3n) is 2.81. The molecule has 0 fully saturated rings. The fourth-order valence-corrected chi connectivity index (χ4v) is 2.96. The summed E-state index contributed by atoms with van der Waals surface area (Å²) in [6.07, 6.45) is 5.06. The molecular weight excluding hydrogens is 216 g/mol. The summed E-state index contributed by atoms with van der Waals surface area (Å²) in [7, 11) is 0. The molecule has 3 rings (SSSR count). The number of pyridine rings is 1. The third kappa shape index (κ3) is 1.49. The van der Waals surface area contributed by atoms with Gasteiger partial charge in [-0.05, 0) is 23.8 Å². The van der Waals surface area contributed by atoms with E-state index in [0.29, 0.717) is 6.54 Å². The molecule has 0 unspecified atom stereocenters. The number of nitrogens with two attached hydrogens (primary N) is 1. The number of fused-ring (bicyclic) bond motifs is 1. The van der Waals surface area contributed by atoms with Crippen LogP contribution in [0.25, 0.3) is 5.57 Å². The molecule has 0 aliphatic heterocycles. The second-order valence-electron chi connectivity index (χ2n) is 3.79. The Kier molecular flexibility index (Phi) is 2.35. The van der Waals surface area contributed by atoms with Gasteiger partial charge < -0.3 is 5.73 Å². The van der Waals surface area contributed by atoms with Gasteiger partial charge >= 0.3 is 0 Å². The van der Waals surface area contributed by atoms with Gasteiger partial charge in [0.25, 0.3) is 0 Å². The third-order valence-corrected chi connectivity index (χ3v) is 3.95. The van der Waals surface area contributed by atoms with E-state index in [0.717, 1.165) is 6.42 Å². The zero-order valence-corrected chi connectivity index (χ0v) is 9.63. The van der Waals surface area contributed by atoms with Gasteiger partial charge in [-0.3, -0.25) is 4.98 Å². The van der Waals surface area contributed by atoms with Crippen LogP contribution < -0.4 is 5.73 Å². The molecule has 2 aromatic rings. The first-order valence-corrected chi connectivity index (χ1v) is 6.13. The van der Waals surface area contributed by atoms with Crippen LogP contribution in [0.4, 0.5) is 0 Å². The van der Waals surface area contributed by atoms with Crippen molar-refractivity contribution in [3.8, 4) is 0 Å². The lowest BCUT2D eigenvalue weighted by Crippen LogP contribution is -1.91. The van der Waals surface area contributed by atoms with Gasteiger partial charge in [0.2, 0.25) is 0 Å². The van der Waals surface area contributed by atoms with Gasteiger partial charge in [-0.25, -0.2) is 0 Å². The second-order valence-corrected chi connectivity index (χ2v) is 4.96. The van der Waals surface area contributed by atoms with E-state index in [-0.39, 0.29) is 0 Å². The molecule has 0 radical (unpaired) electrons. The molecule has 0 saturated heterocycles. The summed E-state index contributed by atoms with van der Waals surface area (Å²) in [4.78, 5) is 6.92. The quantitative estimate of drug-likeness (QED) is 0.858. The van der Waals surface area contributed by atoms with E-state index in [1.54, 1.807) is 11.3 Å².